The van der Waals surface area contributed by atoms with Crippen LogP contribution in [-0.4, -0.2) is 13.5 Å². The molecule has 6 heteroatoms. The van der Waals surface area contributed by atoms with E-state index in [0.29, 0.717) is 6.41 Å². The fourth-order valence-corrected chi connectivity index (χ4v) is 1.42. The lowest BCUT2D eigenvalue weighted by Gasteiger charge is -2.12. The number of hydrogen-bond donors (Lipinski definition) is 1. The minimum atomic E-state index is 0.456. The molecule has 74 valence electrons. The zero-order valence-electron chi connectivity index (χ0n) is 7.51. The van der Waals surface area contributed by atoms with E-state index in [1.54, 1.807) is 12.1 Å². The Bertz CT molecular complexity index is 342. The van der Waals surface area contributed by atoms with Crippen LogP contribution in [0.15, 0.2) is 39.2 Å². The van der Waals surface area contributed by atoms with Crippen molar-refractivity contribution in [3.8, 4) is 0 Å². The number of amides is 1. The van der Waals surface area contributed by atoms with Crippen molar-refractivity contribution in [2.24, 2.45) is 10.4 Å². The van der Waals surface area contributed by atoms with Crippen molar-refractivity contribution in [3.05, 3.63) is 28.7 Å². The van der Waals surface area contributed by atoms with E-state index < -0.39 is 0 Å². The van der Waals surface area contributed by atoms with E-state index in [9.17, 15) is 4.79 Å². The lowest BCUT2D eigenvalue weighted by atomic mass is 10.3. The number of benzene rings is 1. The second-order valence-corrected chi connectivity index (χ2v) is 3.27. The molecule has 0 saturated carbocycles. The summed E-state index contributed by atoms with van der Waals surface area (Å²) < 4.78 is 0.910. The van der Waals surface area contributed by atoms with Crippen LogP contribution in [0.1, 0.15) is 0 Å². The van der Waals surface area contributed by atoms with Crippen LogP contribution in [0.2, 0.25) is 0 Å². The van der Waals surface area contributed by atoms with Gasteiger partial charge in [-0.05, 0) is 38.5 Å². The van der Waals surface area contributed by atoms with Gasteiger partial charge in [-0.1, -0.05) is 12.1 Å². The maximum atomic E-state index is 9.90. The average Bonchev–Trinajstić information content (AvgIpc) is 2.18. The summed E-state index contributed by atoms with van der Waals surface area (Å²) in [6.07, 6.45) is 0.456. The molecule has 1 N–H and O–H groups in total. The van der Waals surface area contributed by atoms with Gasteiger partial charge in [-0.15, -0.1) is 0 Å². The summed E-state index contributed by atoms with van der Waals surface area (Å²) in [6, 6.07) is 7.57. The molecular formula is C8H9BrN4O. The highest BCUT2D eigenvalue weighted by Crippen LogP contribution is 2.24. The lowest BCUT2D eigenvalue weighted by molar-refractivity contribution is -0.109. The number of hydrogen-bond acceptors (Lipinski definition) is 3. The van der Waals surface area contributed by atoms with Crippen molar-refractivity contribution in [1.82, 2.24) is 5.43 Å². The summed E-state index contributed by atoms with van der Waals surface area (Å²) in [5.41, 5.74) is 2.95. The fourth-order valence-electron chi connectivity index (χ4n) is 0.879. The predicted molar refractivity (Wildman–Crippen MR) is 56.6 cm³/mol. The molecule has 0 fully saturated rings. The maximum Gasteiger partial charge on any atom is 0.228 e. The van der Waals surface area contributed by atoms with Gasteiger partial charge in [0.05, 0.1) is 5.69 Å². The minimum absolute atomic E-state index is 0.456. The molecule has 1 aromatic carbocycles. The summed E-state index contributed by atoms with van der Waals surface area (Å²) in [5, 5.41) is 8.69. The number of halogens is 1. The van der Waals surface area contributed by atoms with E-state index in [0.717, 1.165) is 10.2 Å². The zero-order chi connectivity index (χ0) is 10.4. The molecule has 0 heterocycles. The van der Waals surface area contributed by atoms with Crippen LogP contribution in [-0.2, 0) is 4.79 Å². The van der Waals surface area contributed by atoms with Crippen LogP contribution in [0.3, 0.4) is 0 Å². The van der Waals surface area contributed by atoms with Gasteiger partial charge >= 0.3 is 0 Å². The molecule has 5 nitrogen and oxygen atoms in total. The highest BCUT2D eigenvalue weighted by atomic mass is 79.9. The Kier molecular flexibility index (Phi) is 4.06. The Morgan fingerprint density at radius 3 is 2.86 bits per heavy atom. The minimum Gasteiger partial charge on any atom is -0.277 e. The number of rotatable bonds is 4. The highest BCUT2D eigenvalue weighted by molar-refractivity contribution is 9.10. The molecule has 0 aliphatic carbocycles. The molecule has 1 amide bonds. The standard InChI is InChI=1S/C8H9BrN4O/c1-13(12-11-10-6-14)8-5-3-2-4-7(8)9/h2-6H,1H3,(H,10,12,14). The molecule has 0 aliphatic rings. The number of carbonyl (C=O) groups is 1. The second-order valence-electron chi connectivity index (χ2n) is 2.41. The molecule has 1 aromatic rings. The second kappa shape index (κ2) is 5.33. The molecule has 0 atom stereocenters. The molecule has 0 radical (unpaired) electrons. The molecule has 0 unspecified atom stereocenters. The van der Waals surface area contributed by atoms with Gasteiger partial charge in [0.15, 0.2) is 0 Å². The number of nitrogens with zero attached hydrogens (tertiary/aromatic N) is 3. The maximum absolute atomic E-state index is 9.90. The van der Waals surface area contributed by atoms with E-state index in [1.165, 1.54) is 0 Å². The normalized spacial score (nSPS) is 10.1. The third-order valence-electron chi connectivity index (χ3n) is 1.49. The number of para-hydroxylation sites is 1. The van der Waals surface area contributed by atoms with Gasteiger partial charge in [-0.25, -0.2) is 10.4 Å². The van der Waals surface area contributed by atoms with E-state index in [2.05, 4.69) is 31.8 Å². The van der Waals surface area contributed by atoms with E-state index in [1.807, 2.05) is 24.3 Å². The molecule has 1 rings (SSSR count). The average molecular weight is 257 g/mol. The van der Waals surface area contributed by atoms with Crippen molar-refractivity contribution in [2.45, 2.75) is 0 Å². The number of anilines is 1. The van der Waals surface area contributed by atoms with E-state index in [-0.39, 0.29) is 0 Å². The van der Waals surface area contributed by atoms with Crippen molar-refractivity contribution in [2.75, 3.05) is 12.1 Å². The fraction of sp³-hybridized carbons (Fsp3) is 0.125. The summed E-state index contributed by atoms with van der Waals surface area (Å²) in [6.45, 7) is 0. The Morgan fingerprint density at radius 1 is 1.50 bits per heavy atom. The predicted octanol–water partition coefficient (Wildman–Crippen LogP) is 1.91. The van der Waals surface area contributed by atoms with Crippen LogP contribution in [0, 0.1) is 0 Å². The lowest BCUT2D eigenvalue weighted by Crippen LogP contribution is -2.10. The number of nitrogens with one attached hydrogen (secondary N) is 1. The van der Waals surface area contributed by atoms with Gasteiger partial charge in [0, 0.05) is 11.5 Å². The Balaban J connectivity index is 2.74. The van der Waals surface area contributed by atoms with Crippen LogP contribution in [0.25, 0.3) is 0 Å². The third kappa shape index (κ3) is 2.81. The van der Waals surface area contributed by atoms with Crippen molar-refractivity contribution < 1.29 is 4.79 Å². The van der Waals surface area contributed by atoms with Gasteiger partial charge in [-0.3, -0.25) is 4.79 Å². The molecule has 0 bridgehead atoms. The SMILES string of the molecule is CN(/N=N\NC=O)c1ccccc1Br. The highest BCUT2D eigenvalue weighted by Gasteiger charge is 2.02. The molecule has 0 aliphatic heterocycles. The first kappa shape index (κ1) is 10.6. The summed E-state index contributed by atoms with van der Waals surface area (Å²) in [7, 11) is 1.73. The van der Waals surface area contributed by atoms with Gasteiger partial charge in [-0.2, -0.15) is 0 Å². The van der Waals surface area contributed by atoms with Crippen molar-refractivity contribution in [3.63, 3.8) is 0 Å². The first-order valence-corrected chi connectivity index (χ1v) is 4.63. The monoisotopic (exact) mass is 256 g/mol. The molecule has 0 saturated heterocycles. The Hall–Kier alpha value is -1.43. The van der Waals surface area contributed by atoms with Crippen LogP contribution < -0.4 is 10.4 Å². The third-order valence-corrected chi connectivity index (χ3v) is 2.16. The molecule has 0 aromatic heterocycles. The summed E-state index contributed by atoms with van der Waals surface area (Å²) in [4.78, 5) is 9.90. The van der Waals surface area contributed by atoms with Crippen LogP contribution in [0.5, 0.6) is 0 Å². The summed E-state index contributed by atoms with van der Waals surface area (Å²) >= 11 is 3.37. The van der Waals surface area contributed by atoms with E-state index >= 15 is 0 Å². The van der Waals surface area contributed by atoms with Crippen molar-refractivity contribution in [1.29, 1.82) is 0 Å². The first-order valence-electron chi connectivity index (χ1n) is 3.84. The number of carbonyl (C=O) groups excluding carboxylic acids is 1. The molecular weight excluding hydrogens is 248 g/mol. The molecule has 0 spiro atoms. The Labute approximate surface area is 89.9 Å². The van der Waals surface area contributed by atoms with Gasteiger partial charge < -0.3 is 0 Å². The zero-order valence-corrected chi connectivity index (χ0v) is 9.10. The van der Waals surface area contributed by atoms with Crippen molar-refractivity contribution >= 4 is 28.0 Å². The van der Waals surface area contributed by atoms with Gasteiger partial charge in [0.2, 0.25) is 6.41 Å². The topological polar surface area (TPSA) is 57.1 Å². The molecule has 14 heavy (non-hydrogen) atoms. The van der Waals surface area contributed by atoms with Gasteiger partial charge in [0.1, 0.15) is 0 Å². The van der Waals surface area contributed by atoms with Gasteiger partial charge in [0.25, 0.3) is 0 Å². The smallest absolute Gasteiger partial charge is 0.228 e. The quantitative estimate of drug-likeness (QED) is 0.509. The first-order chi connectivity index (χ1) is 6.75. The largest absolute Gasteiger partial charge is 0.277 e. The summed E-state index contributed by atoms with van der Waals surface area (Å²) in [5.74, 6) is 0. The Morgan fingerprint density at radius 2 is 2.21 bits per heavy atom. The van der Waals surface area contributed by atoms with E-state index in [4.69, 9.17) is 0 Å². The van der Waals surface area contributed by atoms with Crippen LogP contribution >= 0.6 is 15.9 Å². The van der Waals surface area contributed by atoms with Crippen LogP contribution in [0.4, 0.5) is 5.69 Å².